The Hall–Kier alpha value is -1.21. The predicted octanol–water partition coefficient (Wildman–Crippen LogP) is 2.65. The molecule has 1 aromatic rings. The standard InChI is InChI=1S/C12H15N3S/c1-16-12(5-3-6-12)9-15-11-10(8-13)4-2-7-14-11/h2,4,7H,3,5-6,9H2,1H3,(H,14,15). The lowest BCUT2D eigenvalue weighted by Gasteiger charge is -2.40. The predicted molar refractivity (Wildman–Crippen MR) is 67.5 cm³/mol. The van der Waals surface area contributed by atoms with E-state index in [0.717, 1.165) is 6.54 Å². The van der Waals surface area contributed by atoms with Gasteiger partial charge in [0, 0.05) is 17.5 Å². The first-order valence-corrected chi connectivity index (χ1v) is 6.66. The number of aromatic nitrogens is 1. The van der Waals surface area contributed by atoms with E-state index in [9.17, 15) is 0 Å². The zero-order valence-electron chi connectivity index (χ0n) is 9.36. The molecule has 0 radical (unpaired) electrons. The molecule has 0 atom stereocenters. The largest absolute Gasteiger partial charge is 0.368 e. The summed E-state index contributed by atoms with van der Waals surface area (Å²) in [5.74, 6) is 0.713. The van der Waals surface area contributed by atoms with Crippen LogP contribution in [0.4, 0.5) is 5.82 Å². The molecule has 1 saturated carbocycles. The lowest BCUT2D eigenvalue weighted by molar-refractivity contribution is 0.379. The van der Waals surface area contributed by atoms with Crippen molar-refractivity contribution >= 4 is 17.6 Å². The maximum atomic E-state index is 8.94. The van der Waals surface area contributed by atoms with Crippen molar-refractivity contribution in [3.8, 4) is 6.07 Å². The van der Waals surface area contributed by atoms with Crippen LogP contribution in [0.3, 0.4) is 0 Å². The van der Waals surface area contributed by atoms with Gasteiger partial charge in [-0.3, -0.25) is 0 Å². The van der Waals surface area contributed by atoms with Crippen molar-refractivity contribution in [2.24, 2.45) is 0 Å². The first-order valence-electron chi connectivity index (χ1n) is 5.44. The number of nitrogens with one attached hydrogen (secondary N) is 1. The molecule has 2 rings (SSSR count). The number of hydrogen-bond acceptors (Lipinski definition) is 4. The van der Waals surface area contributed by atoms with E-state index in [1.54, 1.807) is 18.3 Å². The summed E-state index contributed by atoms with van der Waals surface area (Å²) < 4.78 is 0.365. The van der Waals surface area contributed by atoms with Gasteiger partial charge in [-0.1, -0.05) is 6.42 Å². The van der Waals surface area contributed by atoms with Crippen LogP contribution in [0.25, 0.3) is 0 Å². The molecule has 0 aliphatic heterocycles. The van der Waals surface area contributed by atoms with Gasteiger partial charge >= 0.3 is 0 Å². The van der Waals surface area contributed by atoms with Crippen LogP contribution in [0, 0.1) is 11.3 Å². The fourth-order valence-electron chi connectivity index (χ4n) is 1.91. The third-order valence-electron chi connectivity index (χ3n) is 3.20. The van der Waals surface area contributed by atoms with Crippen LogP contribution in [0.1, 0.15) is 24.8 Å². The fraction of sp³-hybridized carbons (Fsp3) is 0.500. The number of rotatable bonds is 4. The summed E-state index contributed by atoms with van der Waals surface area (Å²) in [7, 11) is 0. The molecule has 1 N–H and O–H groups in total. The highest BCUT2D eigenvalue weighted by molar-refractivity contribution is 8.00. The van der Waals surface area contributed by atoms with Crippen molar-refractivity contribution < 1.29 is 0 Å². The van der Waals surface area contributed by atoms with E-state index in [0.29, 0.717) is 16.1 Å². The van der Waals surface area contributed by atoms with Crippen LogP contribution >= 0.6 is 11.8 Å². The number of nitrogens with zero attached hydrogens (tertiary/aromatic N) is 2. The average Bonchev–Trinajstić information content (AvgIpc) is 2.29. The third-order valence-corrected chi connectivity index (χ3v) is 4.62. The summed E-state index contributed by atoms with van der Waals surface area (Å²) in [5, 5.41) is 12.2. The van der Waals surface area contributed by atoms with Crippen molar-refractivity contribution in [1.29, 1.82) is 5.26 Å². The van der Waals surface area contributed by atoms with Gasteiger partial charge in [0.2, 0.25) is 0 Å². The van der Waals surface area contributed by atoms with E-state index in [2.05, 4.69) is 22.6 Å². The summed E-state index contributed by atoms with van der Waals surface area (Å²) in [5.41, 5.74) is 0.623. The van der Waals surface area contributed by atoms with Gasteiger partial charge in [-0.15, -0.1) is 0 Å². The minimum atomic E-state index is 0.365. The molecule has 1 aliphatic rings. The van der Waals surface area contributed by atoms with Crippen LogP contribution < -0.4 is 5.32 Å². The second-order valence-electron chi connectivity index (χ2n) is 4.11. The zero-order valence-corrected chi connectivity index (χ0v) is 10.2. The van der Waals surface area contributed by atoms with Crippen LogP contribution in [-0.4, -0.2) is 22.5 Å². The van der Waals surface area contributed by atoms with Gasteiger partial charge in [0.1, 0.15) is 11.9 Å². The Labute approximate surface area is 100 Å². The molecule has 0 aromatic carbocycles. The molecule has 4 heteroatoms. The summed E-state index contributed by atoms with van der Waals surface area (Å²) >= 11 is 1.92. The maximum absolute atomic E-state index is 8.94. The van der Waals surface area contributed by atoms with Crippen LogP contribution in [-0.2, 0) is 0 Å². The summed E-state index contributed by atoms with van der Waals surface area (Å²) in [4.78, 5) is 4.20. The van der Waals surface area contributed by atoms with E-state index < -0.39 is 0 Å². The topological polar surface area (TPSA) is 48.7 Å². The number of thioether (sulfide) groups is 1. The first kappa shape index (κ1) is 11.3. The Morgan fingerprint density at radius 2 is 2.44 bits per heavy atom. The van der Waals surface area contributed by atoms with Gasteiger partial charge in [0.25, 0.3) is 0 Å². The second kappa shape index (κ2) is 4.75. The molecular formula is C12H15N3S. The SMILES string of the molecule is CSC1(CNc2ncccc2C#N)CCC1. The number of nitriles is 1. The van der Waals surface area contributed by atoms with Gasteiger partial charge in [0.05, 0.1) is 5.56 Å². The van der Waals surface area contributed by atoms with Gasteiger partial charge < -0.3 is 5.32 Å². The molecule has 0 spiro atoms. The highest BCUT2D eigenvalue weighted by atomic mass is 32.2. The molecule has 16 heavy (non-hydrogen) atoms. The van der Waals surface area contributed by atoms with Crippen molar-refractivity contribution in [1.82, 2.24) is 4.98 Å². The molecule has 1 heterocycles. The Balaban J connectivity index is 2.02. The Kier molecular flexibility index (Phi) is 3.35. The number of hydrogen-bond donors (Lipinski definition) is 1. The second-order valence-corrected chi connectivity index (χ2v) is 5.38. The maximum Gasteiger partial charge on any atom is 0.143 e. The van der Waals surface area contributed by atoms with Crippen LogP contribution in [0.2, 0.25) is 0 Å². The highest BCUT2D eigenvalue weighted by Gasteiger charge is 2.35. The quantitative estimate of drug-likeness (QED) is 0.868. The Morgan fingerprint density at radius 1 is 1.62 bits per heavy atom. The summed E-state index contributed by atoms with van der Waals surface area (Å²) in [6.07, 6.45) is 7.71. The van der Waals surface area contributed by atoms with Gasteiger partial charge in [0.15, 0.2) is 0 Å². The molecule has 1 aromatic heterocycles. The molecule has 0 amide bonds. The van der Waals surface area contributed by atoms with E-state index >= 15 is 0 Å². The van der Waals surface area contributed by atoms with E-state index in [-0.39, 0.29) is 0 Å². The molecule has 0 unspecified atom stereocenters. The first-order chi connectivity index (χ1) is 7.79. The summed E-state index contributed by atoms with van der Waals surface area (Å²) in [6, 6.07) is 5.74. The number of pyridine rings is 1. The molecule has 1 aliphatic carbocycles. The lowest BCUT2D eigenvalue weighted by Crippen LogP contribution is -2.40. The Morgan fingerprint density at radius 3 is 3.00 bits per heavy atom. The highest BCUT2D eigenvalue weighted by Crippen LogP contribution is 2.42. The van der Waals surface area contributed by atoms with E-state index in [1.165, 1.54) is 19.3 Å². The van der Waals surface area contributed by atoms with E-state index in [4.69, 9.17) is 5.26 Å². The smallest absolute Gasteiger partial charge is 0.143 e. The molecular weight excluding hydrogens is 218 g/mol. The Bertz CT molecular complexity index is 401. The van der Waals surface area contributed by atoms with Gasteiger partial charge in [-0.2, -0.15) is 17.0 Å². The molecule has 0 saturated heterocycles. The van der Waals surface area contributed by atoms with Crippen molar-refractivity contribution in [3.63, 3.8) is 0 Å². The van der Waals surface area contributed by atoms with Crippen molar-refractivity contribution in [3.05, 3.63) is 23.9 Å². The number of anilines is 1. The zero-order chi connectivity index (χ0) is 11.4. The molecule has 0 bridgehead atoms. The lowest BCUT2D eigenvalue weighted by atomic mass is 9.84. The normalized spacial score (nSPS) is 17.2. The third kappa shape index (κ3) is 2.14. The van der Waals surface area contributed by atoms with E-state index in [1.807, 2.05) is 11.8 Å². The summed E-state index contributed by atoms with van der Waals surface area (Å²) in [6.45, 7) is 0.903. The fourth-order valence-corrected chi connectivity index (χ4v) is 2.82. The van der Waals surface area contributed by atoms with Crippen molar-refractivity contribution in [2.45, 2.75) is 24.0 Å². The minimum absolute atomic E-state index is 0.365. The molecule has 84 valence electrons. The van der Waals surface area contributed by atoms with Crippen LogP contribution in [0.5, 0.6) is 0 Å². The van der Waals surface area contributed by atoms with Crippen LogP contribution in [0.15, 0.2) is 18.3 Å². The van der Waals surface area contributed by atoms with Gasteiger partial charge in [-0.05, 0) is 31.2 Å². The molecule has 3 nitrogen and oxygen atoms in total. The monoisotopic (exact) mass is 233 g/mol. The van der Waals surface area contributed by atoms with Crippen molar-refractivity contribution in [2.75, 3.05) is 18.1 Å². The molecule has 1 fully saturated rings. The minimum Gasteiger partial charge on any atom is -0.368 e. The average molecular weight is 233 g/mol. The van der Waals surface area contributed by atoms with Gasteiger partial charge in [-0.25, -0.2) is 4.98 Å².